The molecule has 1 atom stereocenters. The fraction of sp³-hybridized carbons (Fsp3) is 0.312. The SMILES string of the molecule is CCNC(c1ccc(C)nc1)c1cc(C)cc(F)c1. The molecule has 0 aliphatic heterocycles. The highest BCUT2D eigenvalue weighted by molar-refractivity contribution is 5.33. The van der Waals surface area contributed by atoms with Gasteiger partial charge in [0.1, 0.15) is 5.82 Å². The van der Waals surface area contributed by atoms with Crippen molar-refractivity contribution in [3.8, 4) is 0 Å². The van der Waals surface area contributed by atoms with Gasteiger partial charge in [-0.2, -0.15) is 0 Å². The van der Waals surface area contributed by atoms with E-state index in [2.05, 4.69) is 10.3 Å². The number of benzene rings is 1. The lowest BCUT2D eigenvalue weighted by Gasteiger charge is -2.19. The van der Waals surface area contributed by atoms with Gasteiger partial charge in [0.25, 0.3) is 0 Å². The van der Waals surface area contributed by atoms with Crippen molar-refractivity contribution in [3.63, 3.8) is 0 Å². The molecule has 0 bridgehead atoms. The molecule has 0 aliphatic carbocycles. The van der Waals surface area contributed by atoms with Crippen LogP contribution in [0.4, 0.5) is 4.39 Å². The van der Waals surface area contributed by atoms with Gasteiger partial charge in [-0.05, 0) is 55.3 Å². The molecular formula is C16H19FN2. The van der Waals surface area contributed by atoms with Gasteiger partial charge in [-0.1, -0.05) is 19.1 Å². The predicted octanol–water partition coefficient (Wildman–Crippen LogP) is 3.54. The molecule has 19 heavy (non-hydrogen) atoms. The number of halogens is 1. The van der Waals surface area contributed by atoms with E-state index in [-0.39, 0.29) is 11.9 Å². The van der Waals surface area contributed by atoms with E-state index in [0.29, 0.717) is 0 Å². The standard InChI is InChI=1S/C16H19FN2/c1-4-18-16(13-6-5-12(3)19-10-13)14-7-11(2)8-15(17)9-14/h5-10,16,18H,4H2,1-3H3. The summed E-state index contributed by atoms with van der Waals surface area (Å²) in [7, 11) is 0. The fourth-order valence-electron chi connectivity index (χ4n) is 2.21. The van der Waals surface area contributed by atoms with Gasteiger partial charge in [-0.15, -0.1) is 0 Å². The number of aromatic nitrogens is 1. The Balaban J connectivity index is 2.41. The highest BCUT2D eigenvalue weighted by Crippen LogP contribution is 2.23. The molecule has 1 aromatic carbocycles. The number of nitrogens with zero attached hydrogens (tertiary/aromatic N) is 1. The third kappa shape index (κ3) is 3.38. The van der Waals surface area contributed by atoms with E-state index in [9.17, 15) is 4.39 Å². The smallest absolute Gasteiger partial charge is 0.123 e. The maximum absolute atomic E-state index is 13.6. The summed E-state index contributed by atoms with van der Waals surface area (Å²) in [6.07, 6.45) is 1.85. The number of hydrogen-bond acceptors (Lipinski definition) is 2. The van der Waals surface area contributed by atoms with E-state index < -0.39 is 0 Å². The van der Waals surface area contributed by atoms with E-state index >= 15 is 0 Å². The zero-order valence-corrected chi connectivity index (χ0v) is 11.6. The van der Waals surface area contributed by atoms with Crippen LogP contribution in [-0.2, 0) is 0 Å². The molecule has 0 radical (unpaired) electrons. The average molecular weight is 258 g/mol. The van der Waals surface area contributed by atoms with Crippen molar-refractivity contribution in [1.29, 1.82) is 0 Å². The van der Waals surface area contributed by atoms with Crippen molar-refractivity contribution < 1.29 is 4.39 Å². The van der Waals surface area contributed by atoms with Gasteiger partial charge in [0.05, 0.1) is 6.04 Å². The van der Waals surface area contributed by atoms with Gasteiger partial charge in [0.15, 0.2) is 0 Å². The Bertz CT molecular complexity index is 529. The Morgan fingerprint density at radius 2 is 1.95 bits per heavy atom. The first-order valence-corrected chi connectivity index (χ1v) is 6.53. The molecule has 2 rings (SSSR count). The summed E-state index contributed by atoms with van der Waals surface area (Å²) >= 11 is 0. The quantitative estimate of drug-likeness (QED) is 0.907. The van der Waals surface area contributed by atoms with E-state index in [1.165, 1.54) is 0 Å². The van der Waals surface area contributed by atoms with Crippen molar-refractivity contribution in [1.82, 2.24) is 10.3 Å². The zero-order valence-electron chi connectivity index (χ0n) is 11.6. The Hall–Kier alpha value is -1.74. The van der Waals surface area contributed by atoms with E-state index in [1.807, 2.05) is 45.2 Å². The summed E-state index contributed by atoms with van der Waals surface area (Å²) in [5.74, 6) is -0.196. The number of nitrogens with one attached hydrogen (secondary N) is 1. The molecule has 0 aliphatic rings. The largest absolute Gasteiger partial charge is 0.306 e. The van der Waals surface area contributed by atoms with Crippen LogP contribution in [0.1, 0.15) is 35.3 Å². The van der Waals surface area contributed by atoms with Crippen LogP contribution in [0.3, 0.4) is 0 Å². The Kier molecular flexibility index (Phi) is 4.27. The Morgan fingerprint density at radius 3 is 2.53 bits per heavy atom. The second kappa shape index (κ2) is 5.93. The minimum Gasteiger partial charge on any atom is -0.306 e. The predicted molar refractivity (Wildman–Crippen MR) is 75.6 cm³/mol. The number of hydrogen-bond donors (Lipinski definition) is 1. The molecule has 0 spiro atoms. The first kappa shape index (κ1) is 13.7. The molecule has 1 heterocycles. The molecule has 3 heteroatoms. The second-order valence-corrected chi connectivity index (χ2v) is 4.79. The third-order valence-corrected chi connectivity index (χ3v) is 3.07. The van der Waals surface area contributed by atoms with Crippen molar-refractivity contribution in [2.75, 3.05) is 6.54 Å². The van der Waals surface area contributed by atoms with Gasteiger partial charge in [0.2, 0.25) is 0 Å². The molecule has 1 aromatic heterocycles. The normalized spacial score (nSPS) is 12.4. The van der Waals surface area contributed by atoms with Gasteiger partial charge >= 0.3 is 0 Å². The molecule has 100 valence electrons. The summed E-state index contributed by atoms with van der Waals surface area (Å²) in [5, 5.41) is 3.38. The maximum atomic E-state index is 13.6. The van der Waals surface area contributed by atoms with Gasteiger partial charge in [-0.25, -0.2) is 4.39 Å². The molecule has 2 nitrogen and oxygen atoms in total. The van der Waals surface area contributed by atoms with Gasteiger partial charge in [0, 0.05) is 11.9 Å². The lowest BCUT2D eigenvalue weighted by Crippen LogP contribution is -2.22. The molecule has 1 unspecified atom stereocenters. The lowest BCUT2D eigenvalue weighted by atomic mass is 9.98. The summed E-state index contributed by atoms with van der Waals surface area (Å²) in [6.45, 7) is 6.72. The minimum atomic E-state index is -0.196. The van der Waals surface area contributed by atoms with Crippen LogP contribution >= 0.6 is 0 Å². The van der Waals surface area contributed by atoms with Crippen molar-refractivity contribution in [2.45, 2.75) is 26.8 Å². The summed E-state index contributed by atoms with van der Waals surface area (Å²) < 4.78 is 13.6. The first-order chi connectivity index (χ1) is 9.10. The molecule has 1 N–H and O–H groups in total. The number of aryl methyl sites for hydroxylation is 2. The monoisotopic (exact) mass is 258 g/mol. The van der Waals surface area contributed by atoms with Crippen molar-refractivity contribution >= 4 is 0 Å². The zero-order chi connectivity index (χ0) is 13.8. The Labute approximate surface area is 113 Å². The highest BCUT2D eigenvalue weighted by atomic mass is 19.1. The van der Waals surface area contributed by atoms with Crippen LogP contribution in [0, 0.1) is 19.7 Å². The molecular weight excluding hydrogens is 239 g/mol. The second-order valence-electron chi connectivity index (χ2n) is 4.79. The highest BCUT2D eigenvalue weighted by Gasteiger charge is 2.14. The summed E-state index contributed by atoms with van der Waals surface area (Å²) in [4.78, 5) is 4.32. The minimum absolute atomic E-state index is 0.0208. The lowest BCUT2D eigenvalue weighted by molar-refractivity contribution is 0.601. The van der Waals surface area contributed by atoms with Crippen LogP contribution in [0.5, 0.6) is 0 Å². The molecule has 0 saturated carbocycles. The van der Waals surface area contributed by atoms with Crippen molar-refractivity contribution in [3.05, 3.63) is 64.7 Å². The fourth-order valence-corrected chi connectivity index (χ4v) is 2.21. The molecule has 0 saturated heterocycles. The van der Waals surface area contributed by atoms with Crippen LogP contribution < -0.4 is 5.32 Å². The van der Waals surface area contributed by atoms with Crippen molar-refractivity contribution in [2.24, 2.45) is 0 Å². The topological polar surface area (TPSA) is 24.9 Å². The maximum Gasteiger partial charge on any atom is 0.123 e. The summed E-state index contributed by atoms with van der Waals surface area (Å²) in [5.41, 5.74) is 3.90. The molecule has 0 amide bonds. The van der Waals surface area contributed by atoms with Gasteiger partial charge < -0.3 is 5.32 Å². The van der Waals surface area contributed by atoms with E-state index in [1.54, 1.807) is 12.1 Å². The van der Waals surface area contributed by atoms with E-state index in [0.717, 1.165) is 28.9 Å². The molecule has 0 fully saturated rings. The number of pyridine rings is 1. The molecule has 2 aromatic rings. The van der Waals surface area contributed by atoms with Crippen LogP contribution in [0.25, 0.3) is 0 Å². The third-order valence-electron chi connectivity index (χ3n) is 3.07. The van der Waals surface area contributed by atoms with Crippen LogP contribution in [-0.4, -0.2) is 11.5 Å². The van der Waals surface area contributed by atoms with E-state index in [4.69, 9.17) is 0 Å². The van der Waals surface area contributed by atoms with Crippen LogP contribution in [0.2, 0.25) is 0 Å². The number of rotatable bonds is 4. The van der Waals surface area contributed by atoms with Gasteiger partial charge in [-0.3, -0.25) is 4.98 Å². The van der Waals surface area contributed by atoms with Crippen LogP contribution in [0.15, 0.2) is 36.5 Å². The Morgan fingerprint density at radius 1 is 1.16 bits per heavy atom. The average Bonchev–Trinajstić information content (AvgIpc) is 2.36. The first-order valence-electron chi connectivity index (χ1n) is 6.53. The summed E-state index contributed by atoms with van der Waals surface area (Å²) in [6, 6.07) is 9.13.